The first-order chi connectivity index (χ1) is 5.74. The summed E-state index contributed by atoms with van der Waals surface area (Å²) in [6, 6.07) is 8.00. The van der Waals surface area contributed by atoms with E-state index in [0.29, 0.717) is 0 Å². The molecule has 1 rings (SSSR count). The fraction of sp³-hybridized carbons (Fsp3) is 0.400. The summed E-state index contributed by atoms with van der Waals surface area (Å²) in [7, 11) is -0.841. The largest absolute Gasteiger partial charge is 0.255 e. The highest BCUT2D eigenvalue weighted by atomic mass is 32.2. The Balaban J connectivity index is 2.78. The van der Waals surface area contributed by atoms with Crippen LogP contribution < -0.4 is 0 Å². The molecule has 0 N–H and O–H groups in total. The van der Waals surface area contributed by atoms with Gasteiger partial charge in [-0.3, -0.25) is 4.21 Å². The van der Waals surface area contributed by atoms with Gasteiger partial charge in [-0.15, -0.1) is 0 Å². The molecule has 1 aromatic rings. The molecular weight excluding hydrogens is 168 g/mol. The molecule has 0 bridgehead atoms. The predicted octanol–water partition coefficient (Wildman–Crippen LogP) is 2.38. The highest BCUT2D eigenvalue weighted by Gasteiger charge is 1.96. The zero-order chi connectivity index (χ0) is 8.97. The van der Waals surface area contributed by atoms with Crippen LogP contribution in [0.2, 0.25) is 0 Å². The van der Waals surface area contributed by atoms with E-state index in [2.05, 4.69) is 19.1 Å². The van der Waals surface area contributed by atoms with Crippen molar-refractivity contribution < 1.29 is 4.21 Å². The number of hydrogen-bond acceptors (Lipinski definition) is 1. The minimum Gasteiger partial charge on any atom is -0.255 e. The van der Waals surface area contributed by atoms with E-state index in [1.807, 2.05) is 12.1 Å². The van der Waals surface area contributed by atoms with Crippen molar-refractivity contribution in [2.45, 2.75) is 24.7 Å². The van der Waals surface area contributed by atoms with Crippen molar-refractivity contribution >= 4 is 10.8 Å². The van der Waals surface area contributed by atoms with Crippen LogP contribution in [0.5, 0.6) is 0 Å². The number of benzene rings is 1. The Kier molecular flexibility index (Phi) is 3.48. The van der Waals surface area contributed by atoms with E-state index in [9.17, 15) is 4.21 Å². The van der Waals surface area contributed by atoms with Crippen LogP contribution in [0.1, 0.15) is 18.9 Å². The Morgan fingerprint density at radius 2 is 1.83 bits per heavy atom. The molecule has 0 aliphatic rings. The van der Waals surface area contributed by atoms with Gasteiger partial charge in [-0.25, -0.2) is 0 Å². The summed E-state index contributed by atoms with van der Waals surface area (Å²) in [5.41, 5.74) is 1.33. The zero-order valence-electron chi connectivity index (χ0n) is 7.54. The van der Waals surface area contributed by atoms with Crippen LogP contribution in [-0.4, -0.2) is 10.5 Å². The van der Waals surface area contributed by atoms with Crippen LogP contribution in [0.25, 0.3) is 0 Å². The summed E-state index contributed by atoms with van der Waals surface area (Å²) in [6.07, 6.45) is 3.97. The Labute approximate surface area is 76.3 Å². The molecule has 0 aromatic heterocycles. The fourth-order valence-electron chi connectivity index (χ4n) is 1.14. The van der Waals surface area contributed by atoms with Crippen LogP contribution in [0.15, 0.2) is 29.2 Å². The summed E-state index contributed by atoms with van der Waals surface area (Å²) >= 11 is 0. The van der Waals surface area contributed by atoms with E-state index < -0.39 is 10.8 Å². The van der Waals surface area contributed by atoms with E-state index in [0.717, 1.165) is 17.7 Å². The van der Waals surface area contributed by atoms with Gasteiger partial charge >= 0.3 is 0 Å². The van der Waals surface area contributed by atoms with Crippen molar-refractivity contribution in [2.24, 2.45) is 0 Å². The van der Waals surface area contributed by atoms with Crippen LogP contribution >= 0.6 is 0 Å². The van der Waals surface area contributed by atoms with Gasteiger partial charge in [-0.2, -0.15) is 0 Å². The molecule has 1 atom stereocenters. The summed E-state index contributed by atoms with van der Waals surface area (Å²) in [5, 5.41) is 0. The monoisotopic (exact) mass is 182 g/mol. The van der Waals surface area contributed by atoms with Gasteiger partial charge in [0.1, 0.15) is 0 Å². The summed E-state index contributed by atoms with van der Waals surface area (Å²) < 4.78 is 11.0. The Morgan fingerprint density at radius 1 is 1.25 bits per heavy atom. The molecule has 0 aliphatic heterocycles. The quantitative estimate of drug-likeness (QED) is 0.701. The molecule has 0 fully saturated rings. The smallest absolute Gasteiger partial charge is 0.0498 e. The van der Waals surface area contributed by atoms with Crippen molar-refractivity contribution in [3.05, 3.63) is 29.8 Å². The third-order valence-corrected chi connectivity index (χ3v) is 2.73. The fourth-order valence-corrected chi connectivity index (χ4v) is 1.66. The molecule has 1 aromatic carbocycles. The standard InChI is InChI=1S/C10H14OS/c1-3-4-9-5-7-10(8-6-9)12(2)11/h5-8H,3-4H2,1-2H3. The highest BCUT2D eigenvalue weighted by molar-refractivity contribution is 7.84. The lowest BCUT2D eigenvalue weighted by atomic mass is 10.1. The first-order valence-electron chi connectivity index (χ1n) is 4.16. The van der Waals surface area contributed by atoms with E-state index in [1.54, 1.807) is 6.26 Å². The first kappa shape index (κ1) is 9.46. The Bertz CT molecular complexity index is 264. The lowest BCUT2D eigenvalue weighted by Crippen LogP contribution is -1.88. The predicted molar refractivity (Wildman–Crippen MR) is 52.8 cm³/mol. The maximum absolute atomic E-state index is 11.0. The topological polar surface area (TPSA) is 17.1 Å². The van der Waals surface area contributed by atoms with Gasteiger partial charge in [0, 0.05) is 22.0 Å². The van der Waals surface area contributed by atoms with Gasteiger partial charge in [-0.05, 0) is 24.1 Å². The third-order valence-electron chi connectivity index (χ3n) is 1.79. The van der Waals surface area contributed by atoms with Crippen LogP contribution in [0.3, 0.4) is 0 Å². The second-order valence-electron chi connectivity index (χ2n) is 2.85. The molecule has 0 saturated carbocycles. The molecule has 0 aliphatic carbocycles. The van der Waals surface area contributed by atoms with Gasteiger partial charge in [-0.1, -0.05) is 25.5 Å². The van der Waals surface area contributed by atoms with Gasteiger partial charge in [0.15, 0.2) is 0 Å². The molecule has 1 nitrogen and oxygen atoms in total. The minimum atomic E-state index is -0.841. The molecule has 1 unspecified atom stereocenters. The molecule has 0 spiro atoms. The summed E-state index contributed by atoms with van der Waals surface area (Å²) in [5.74, 6) is 0. The Morgan fingerprint density at radius 3 is 2.25 bits per heavy atom. The number of rotatable bonds is 3. The zero-order valence-corrected chi connectivity index (χ0v) is 8.36. The van der Waals surface area contributed by atoms with Crippen molar-refractivity contribution in [2.75, 3.05) is 6.26 Å². The normalized spacial score (nSPS) is 12.8. The average Bonchev–Trinajstić information content (AvgIpc) is 2.06. The lowest BCUT2D eigenvalue weighted by Gasteiger charge is -1.99. The van der Waals surface area contributed by atoms with Gasteiger partial charge in [0.25, 0.3) is 0 Å². The SMILES string of the molecule is CCCc1ccc(S(C)=O)cc1. The van der Waals surface area contributed by atoms with Crippen LogP contribution in [0, 0.1) is 0 Å². The highest BCUT2D eigenvalue weighted by Crippen LogP contribution is 2.08. The van der Waals surface area contributed by atoms with E-state index in [4.69, 9.17) is 0 Å². The second-order valence-corrected chi connectivity index (χ2v) is 4.23. The Hall–Kier alpha value is -0.630. The first-order valence-corrected chi connectivity index (χ1v) is 5.72. The van der Waals surface area contributed by atoms with Crippen molar-refractivity contribution in [1.29, 1.82) is 0 Å². The number of hydrogen-bond donors (Lipinski definition) is 0. The van der Waals surface area contributed by atoms with Gasteiger partial charge in [0.05, 0.1) is 0 Å². The molecule has 0 radical (unpaired) electrons. The molecule has 0 heterocycles. The maximum Gasteiger partial charge on any atom is 0.0498 e. The van der Waals surface area contributed by atoms with Crippen LogP contribution in [-0.2, 0) is 17.2 Å². The number of aryl methyl sites for hydroxylation is 1. The molecule has 0 saturated heterocycles. The lowest BCUT2D eigenvalue weighted by molar-refractivity contribution is 0.687. The van der Waals surface area contributed by atoms with Gasteiger partial charge < -0.3 is 0 Å². The van der Waals surface area contributed by atoms with Crippen molar-refractivity contribution in [3.63, 3.8) is 0 Å². The summed E-state index contributed by atoms with van der Waals surface area (Å²) in [6.45, 7) is 2.16. The van der Waals surface area contributed by atoms with E-state index >= 15 is 0 Å². The van der Waals surface area contributed by atoms with E-state index in [-0.39, 0.29) is 0 Å². The second kappa shape index (κ2) is 4.41. The average molecular weight is 182 g/mol. The van der Waals surface area contributed by atoms with E-state index in [1.165, 1.54) is 5.56 Å². The summed E-state index contributed by atoms with van der Waals surface area (Å²) in [4.78, 5) is 0.912. The molecule has 66 valence electrons. The van der Waals surface area contributed by atoms with Crippen molar-refractivity contribution in [3.8, 4) is 0 Å². The molecule has 12 heavy (non-hydrogen) atoms. The maximum atomic E-state index is 11.0. The van der Waals surface area contributed by atoms with Gasteiger partial charge in [0.2, 0.25) is 0 Å². The molecular formula is C10H14OS. The van der Waals surface area contributed by atoms with Crippen molar-refractivity contribution in [1.82, 2.24) is 0 Å². The molecule has 0 amide bonds. The molecule has 2 heteroatoms. The third kappa shape index (κ3) is 2.45. The minimum absolute atomic E-state index is 0.841. The van der Waals surface area contributed by atoms with Crippen LogP contribution in [0.4, 0.5) is 0 Å².